The minimum atomic E-state index is -3.85. The van der Waals surface area contributed by atoms with Crippen LogP contribution in [-0.2, 0) is 16.4 Å². The molecule has 0 aliphatic carbocycles. The molecule has 0 aliphatic rings. The largest absolute Gasteiger partial charge is 0.418 e. The molecule has 0 atom stereocenters. The van der Waals surface area contributed by atoms with Crippen molar-refractivity contribution in [2.45, 2.75) is 23.4 Å². The van der Waals surface area contributed by atoms with Crippen molar-refractivity contribution in [3.8, 4) is 10.8 Å². The zero-order valence-corrected chi connectivity index (χ0v) is 18.6. The van der Waals surface area contributed by atoms with E-state index in [0.29, 0.717) is 6.54 Å². The number of halogens is 1. The molecule has 0 bridgehead atoms. The normalized spacial score (nSPS) is 11.5. The first-order chi connectivity index (χ1) is 13.9. The van der Waals surface area contributed by atoms with Crippen LogP contribution < -0.4 is 5.32 Å². The van der Waals surface area contributed by atoms with Crippen LogP contribution in [0.4, 0.5) is 5.88 Å². The zero-order chi connectivity index (χ0) is 20.4. The molecule has 5 nitrogen and oxygen atoms in total. The number of hydrogen-bond donors (Lipinski definition) is 1. The number of nitrogens with one attached hydrogen (secondary N) is 1. The highest BCUT2D eigenvalue weighted by molar-refractivity contribution is 9.10. The summed E-state index contributed by atoms with van der Waals surface area (Å²) in [5.41, 5.74) is 2.17. The molecule has 0 unspecified atom stereocenters. The summed E-state index contributed by atoms with van der Waals surface area (Å²) >= 11 is 4.77. The molecule has 0 fully saturated rings. The van der Waals surface area contributed by atoms with Gasteiger partial charge < -0.3 is 9.73 Å². The Labute approximate surface area is 181 Å². The van der Waals surface area contributed by atoms with E-state index in [2.05, 4.69) is 26.2 Å². The molecule has 2 aromatic heterocycles. The van der Waals surface area contributed by atoms with Crippen LogP contribution in [0, 0.1) is 6.92 Å². The molecule has 2 heterocycles. The molecule has 29 heavy (non-hydrogen) atoms. The van der Waals surface area contributed by atoms with Crippen LogP contribution >= 0.6 is 27.3 Å². The number of rotatable bonds is 6. The maximum absolute atomic E-state index is 13.2. The van der Waals surface area contributed by atoms with Crippen LogP contribution in [-0.4, -0.2) is 13.4 Å². The van der Waals surface area contributed by atoms with Gasteiger partial charge in [0.2, 0.25) is 26.6 Å². The Morgan fingerprint density at radius 1 is 1.07 bits per heavy atom. The highest BCUT2D eigenvalue weighted by atomic mass is 79.9. The summed E-state index contributed by atoms with van der Waals surface area (Å²) in [6.07, 6.45) is 0. The second kappa shape index (κ2) is 8.14. The monoisotopic (exact) mass is 488 g/mol. The lowest BCUT2D eigenvalue weighted by Gasteiger charge is -2.07. The molecular formula is C21H17BrN2O3S2. The van der Waals surface area contributed by atoms with E-state index in [1.807, 2.05) is 48.7 Å². The van der Waals surface area contributed by atoms with Gasteiger partial charge in [-0.3, -0.25) is 0 Å². The third kappa shape index (κ3) is 4.29. The van der Waals surface area contributed by atoms with Crippen molar-refractivity contribution in [3.63, 3.8) is 0 Å². The highest BCUT2D eigenvalue weighted by Crippen LogP contribution is 2.34. The number of benzene rings is 2. The van der Waals surface area contributed by atoms with E-state index in [4.69, 9.17) is 4.42 Å². The number of sulfone groups is 1. The van der Waals surface area contributed by atoms with Crippen LogP contribution in [0.15, 0.2) is 84.9 Å². The third-order valence-electron chi connectivity index (χ3n) is 4.28. The predicted molar refractivity (Wildman–Crippen MR) is 118 cm³/mol. The van der Waals surface area contributed by atoms with E-state index in [0.717, 1.165) is 20.5 Å². The SMILES string of the molecule is Cc1ccc(CNc2oc(-c3cccs3)nc2S(=O)(=O)c2ccc(Br)cc2)cc1. The molecule has 0 saturated carbocycles. The lowest BCUT2D eigenvalue weighted by molar-refractivity contribution is 0.577. The maximum atomic E-state index is 13.2. The second-order valence-corrected chi connectivity index (χ2v) is 10.2. The van der Waals surface area contributed by atoms with Gasteiger partial charge in [0.05, 0.1) is 9.77 Å². The van der Waals surface area contributed by atoms with Gasteiger partial charge >= 0.3 is 0 Å². The van der Waals surface area contributed by atoms with Crippen LogP contribution in [0.3, 0.4) is 0 Å². The first kappa shape index (κ1) is 19.9. The van der Waals surface area contributed by atoms with E-state index in [-0.39, 0.29) is 21.7 Å². The lowest BCUT2D eigenvalue weighted by atomic mass is 10.1. The molecule has 1 N–H and O–H groups in total. The first-order valence-electron chi connectivity index (χ1n) is 8.78. The Bertz CT molecular complexity index is 1210. The fourth-order valence-corrected chi connectivity index (χ4v) is 4.91. The number of thiophene rings is 1. The van der Waals surface area contributed by atoms with E-state index >= 15 is 0 Å². The topological polar surface area (TPSA) is 72.2 Å². The molecule has 0 saturated heterocycles. The first-order valence-corrected chi connectivity index (χ1v) is 11.9. The summed E-state index contributed by atoms with van der Waals surface area (Å²) in [7, 11) is -3.85. The summed E-state index contributed by atoms with van der Waals surface area (Å²) in [6.45, 7) is 2.44. The van der Waals surface area contributed by atoms with Crippen LogP contribution in [0.25, 0.3) is 10.8 Å². The van der Waals surface area contributed by atoms with Crippen molar-refractivity contribution < 1.29 is 12.8 Å². The molecule has 0 amide bonds. The number of oxazole rings is 1. The predicted octanol–water partition coefficient (Wildman–Crippen LogP) is 5.92. The molecular weight excluding hydrogens is 472 g/mol. The summed E-state index contributed by atoms with van der Waals surface area (Å²) in [4.78, 5) is 5.25. The molecule has 8 heteroatoms. The number of aromatic nitrogens is 1. The number of hydrogen-bond acceptors (Lipinski definition) is 6. The van der Waals surface area contributed by atoms with Gasteiger partial charge in [0.25, 0.3) is 0 Å². The van der Waals surface area contributed by atoms with Crippen molar-refractivity contribution in [3.05, 3.63) is 81.6 Å². The van der Waals surface area contributed by atoms with Gasteiger partial charge in [-0.25, -0.2) is 8.42 Å². The van der Waals surface area contributed by atoms with Crippen molar-refractivity contribution in [1.82, 2.24) is 4.98 Å². The second-order valence-electron chi connectivity index (χ2n) is 6.43. The smallest absolute Gasteiger partial charge is 0.240 e. The van der Waals surface area contributed by atoms with Crippen molar-refractivity contribution >= 4 is 43.0 Å². The van der Waals surface area contributed by atoms with Gasteiger partial charge in [0.1, 0.15) is 0 Å². The minimum Gasteiger partial charge on any atom is -0.418 e. The molecule has 0 radical (unpaired) electrons. The average molecular weight is 489 g/mol. The van der Waals surface area contributed by atoms with Gasteiger partial charge in [0, 0.05) is 11.0 Å². The molecule has 2 aromatic carbocycles. The summed E-state index contributed by atoms with van der Waals surface area (Å²) in [5.74, 6) is 0.416. The molecule has 4 rings (SSSR count). The summed E-state index contributed by atoms with van der Waals surface area (Å²) < 4.78 is 33.1. The van der Waals surface area contributed by atoms with Crippen LogP contribution in [0.2, 0.25) is 0 Å². The van der Waals surface area contributed by atoms with Crippen LogP contribution in [0.1, 0.15) is 11.1 Å². The lowest BCUT2D eigenvalue weighted by Crippen LogP contribution is -2.07. The van der Waals surface area contributed by atoms with Gasteiger partial charge in [-0.2, -0.15) is 4.98 Å². The Hall–Kier alpha value is -2.42. The fourth-order valence-electron chi connectivity index (χ4n) is 2.72. The Morgan fingerprint density at radius 2 is 1.79 bits per heavy atom. The van der Waals surface area contributed by atoms with Crippen molar-refractivity contribution in [1.29, 1.82) is 0 Å². The Kier molecular flexibility index (Phi) is 5.58. The van der Waals surface area contributed by atoms with Gasteiger partial charge in [-0.15, -0.1) is 11.3 Å². The van der Waals surface area contributed by atoms with E-state index < -0.39 is 9.84 Å². The average Bonchev–Trinajstić information content (AvgIpc) is 3.38. The van der Waals surface area contributed by atoms with Crippen molar-refractivity contribution in [2.24, 2.45) is 0 Å². The highest BCUT2D eigenvalue weighted by Gasteiger charge is 2.28. The third-order valence-corrected chi connectivity index (χ3v) is 7.35. The van der Waals surface area contributed by atoms with E-state index in [1.165, 1.54) is 11.3 Å². The Balaban J connectivity index is 1.73. The summed E-state index contributed by atoms with van der Waals surface area (Å²) in [5, 5.41) is 4.88. The number of aryl methyl sites for hydroxylation is 1. The maximum Gasteiger partial charge on any atom is 0.240 e. The fraction of sp³-hybridized carbons (Fsp3) is 0.0952. The summed E-state index contributed by atoms with van der Waals surface area (Å²) in [6, 6.07) is 18.2. The van der Waals surface area contributed by atoms with Gasteiger partial charge in [-0.1, -0.05) is 51.8 Å². The number of nitrogens with zero attached hydrogens (tertiary/aromatic N) is 1. The molecule has 0 aliphatic heterocycles. The van der Waals surface area contributed by atoms with E-state index in [9.17, 15) is 8.42 Å². The number of anilines is 1. The Morgan fingerprint density at radius 3 is 2.45 bits per heavy atom. The molecule has 0 spiro atoms. The standard InChI is InChI=1S/C21H17BrN2O3S2/c1-14-4-6-15(7-5-14)13-23-20-21(24-19(27-20)18-3-2-12-28-18)29(25,26)17-10-8-16(22)9-11-17/h2-12,23H,13H2,1H3. The quantitative estimate of drug-likeness (QED) is 0.364. The van der Waals surface area contributed by atoms with Crippen LogP contribution in [0.5, 0.6) is 0 Å². The van der Waals surface area contributed by atoms with Gasteiger partial charge in [-0.05, 0) is 48.2 Å². The van der Waals surface area contributed by atoms with Crippen molar-refractivity contribution in [2.75, 3.05) is 5.32 Å². The van der Waals surface area contributed by atoms with Gasteiger partial charge in [0.15, 0.2) is 0 Å². The zero-order valence-electron chi connectivity index (χ0n) is 15.4. The minimum absolute atomic E-state index is 0.115. The molecule has 4 aromatic rings. The molecule has 148 valence electrons. The van der Waals surface area contributed by atoms with E-state index in [1.54, 1.807) is 24.3 Å².